The van der Waals surface area contributed by atoms with Gasteiger partial charge in [0, 0.05) is 12.5 Å². The van der Waals surface area contributed by atoms with Crippen molar-refractivity contribution in [1.29, 1.82) is 0 Å². The molecule has 0 saturated heterocycles. The van der Waals surface area contributed by atoms with Crippen molar-refractivity contribution in [1.82, 2.24) is 5.32 Å². The van der Waals surface area contributed by atoms with Crippen LogP contribution in [0.15, 0.2) is 48.5 Å². The maximum absolute atomic E-state index is 12.0. The van der Waals surface area contributed by atoms with Crippen LogP contribution in [-0.2, 0) is 20.7 Å². The molecule has 0 aliphatic heterocycles. The number of nitrogens with one attached hydrogen (secondary N) is 2. The van der Waals surface area contributed by atoms with E-state index in [1.807, 2.05) is 30.3 Å². The van der Waals surface area contributed by atoms with Crippen LogP contribution in [0.3, 0.4) is 0 Å². The maximum atomic E-state index is 12.0. The van der Waals surface area contributed by atoms with Crippen LogP contribution < -0.4 is 15.4 Å². The molecule has 0 radical (unpaired) electrons. The number of methoxy groups -OCH3 is 1. The molecule has 0 fully saturated rings. The van der Waals surface area contributed by atoms with E-state index in [1.54, 1.807) is 0 Å². The number of hydrogen-bond donors (Lipinski definition) is 2. The van der Waals surface area contributed by atoms with Crippen molar-refractivity contribution in [2.45, 2.75) is 25.7 Å². The predicted octanol–water partition coefficient (Wildman–Crippen LogP) is 3.37. The molecule has 10 heteroatoms. The summed E-state index contributed by atoms with van der Waals surface area (Å²) in [5.74, 6) is -0.719. The number of carbonyl (C=O) groups excluding carboxylic acids is 2. The number of aryl methyl sites for hydroxylation is 1. The monoisotopic (exact) mass is 445 g/mol. The summed E-state index contributed by atoms with van der Waals surface area (Å²) in [5.41, 5.74) is 1.39. The summed E-state index contributed by atoms with van der Waals surface area (Å²) in [6, 6.07) is 13.8. The second kappa shape index (κ2) is 12.2. The third kappa shape index (κ3) is 8.39. The second-order valence-electron chi connectivity index (χ2n) is 6.45. The van der Waals surface area contributed by atoms with Gasteiger partial charge in [0.2, 0.25) is 5.91 Å². The Labute approximate surface area is 184 Å². The molecule has 0 aromatic heterocycles. The van der Waals surface area contributed by atoms with E-state index in [-0.39, 0.29) is 36.0 Å². The fraction of sp³-hybridized carbons (Fsp3) is 0.286. The van der Waals surface area contributed by atoms with Gasteiger partial charge in [-0.15, -0.1) is 0 Å². The van der Waals surface area contributed by atoms with Crippen molar-refractivity contribution in [3.05, 3.63) is 64.2 Å². The zero-order valence-corrected chi connectivity index (χ0v) is 17.8. The van der Waals surface area contributed by atoms with Gasteiger partial charge in [-0.2, -0.15) is 0 Å². The molecule has 2 aromatic carbocycles. The van der Waals surface area contributed by atoms with Gasteiger partial charge in [0.05, 0.1) is 36.8 Å². The van der Waals surface area contributed by atoms with E-state index in [9.17, 15) is 19.7 Å². The first kappa shape index (κ1) is 23.7. The highest BCUT2D eigenvalue weighted by Crippen LogP contribution is 2.28. The number of anilines is 1. The minimum atomic E-state index is -0.548. The minimum Gasteiger partial charge on any atom is -0.494 e. The smallest absolute Gasteiger partial charge is 0.306 e. The average Bonchev–Trinajstić information content (AvgIpc) is 2.76. The highest BCUT2D eigenvalue weighted by Gasteiger charge is 2.14. The van der Waals surface area contributed by atoms with Gasteiger partial charge in [-0.05, 0) is 36.7 Å². The number of nitrogens with zero attached hydrogens (tertiary/aromatic N) is 1. The first-order valence-corrected chi connectivity index (χ1v) is 9.92. The number of ether oxygens (including phenoxy) is 2. The zero-order chi connectivity index (χ0) is 22.6. The number of hydrogen-bond acceptors (Lipinski definition) is 7. The molecule has 2 aromatic rings. The van der Waals surface area contributed by atoms with Crippen molar-refractivity contribution in [2.75, 3.05) is 19.0 Å². The third-order valence-electron chi connectivity index (χ3n) is 4.17. The highest BCUT2D eigenvalue weighted by molar-refractivity contribution is 7.80. The fourth-order valence-corrected chi connectivity index (χ4v) is 2.86. The van der Waals surface area contributed by atoms with Gasteiger partial charge in [-0.1, -0.05) is 30.3 Å². The van der Waals surface area contributed by atoms with Crippen LogP contribution in [0.4, 0.5) is 11.4 Å². The molecular formula is C21H23N3O6S. The van der Waals surface area contributed by atoms with Gasteiger partial charge in [0.1, 0.15) is 5.75 Å². The molecule has 0 aliphatic carbocycles. The first-order chi connectivity index (χ1) is 14.9. The standard InChI is InChI=1S/C21H23N3O6S/c1-29-18-14-16(24(27)28)9-10-17(18)22-21(31)23-19(25)11-12-20(26)30-13-5-8-15-6-3-2-4-7-15/h2-4,6-7,9-10,14H,5,8,11-13H2,1H3,(H2,22,23,25,31). The van der Waals surface area contributed by atoms with Crippen LogP contribution in [0.5, 0.6) is 5.75 Å². The second-order valence-corrected chi connectivity index (χ2v) is 6.86. The lowest BCUT2D eigenvalue weighted by Crippen LogP contribution is -2.34. The van der Waals surface area contributed by atoms with Gasteiger partial charge in [-0.25, -0.2) is 0 Å². The largest absolute Gasteiger partial charge is 0.494 e. The summed E-state index contributed by atoms with van der Waals surface area (Å²) in [7, 11) is 1.36. The Morgan fingerprint density at radius 1 is 1.13 bits per heavy atom. The first-order valence-electron chi connectivity index (χ1n) is 9.52. The third-order valence-corrected chi connectivity index (χ3v) is 4.37. The SMILES string of the molecule is COc1cc([N+](=O)[O-])ccc1NC(=S)NC(=O)CCC(=O)OCCCc1ccccc1. The topological polar surface area (TPSA) is 120 Å². The fourth-order valence-electron chi connectivity index (χ4n) is 2.63. The van der Waals surface area contributed by atoms with Crippen molar-refractivity contribution in [3.63, 3.8) is 0 Å². The lowest BCUT2D eigenvalue weighted by atomic mass is 10.1. The van der Waals surface area contributed by atoms with Crippen LogP contribution >= 0.6 is 12.2 Å². The molecule has 1 amide bonds. The minimum absolute atomic E-state index is 0.0200. The van der Waals surface area contributed by atoms with E-state index < -0.39 is 16.8 Å². The number of rotatable bonds is 10. The number of esters is 1. The number of non-ortho nitro benzene ring substituents is 1. The molecule has 9 nitrogen and oxygen atoms in total. The Hall–Kier alpha value is -3.53. The molecule has 0 unspecified atom stereocenters. The van der Waals surface area contributed by atoms with E-state index in [0.717, 1.165) is 6.42 Å². The van der Waals surface area contributed by atoms with Crippen LogP contribution in [0.1, 0.15) is 24.8 Å². The quantitative estimate of drug-likeness (QED) is 0.188. The lowest BCUT2D eigenvalue weighted by Gasteiger charge is -2.12. The van der Waals surface area contributed by atoms with E-state index in [2.05, 4.69) is 10.6 Å². The van der Waals surface area contributed by atoms with Crippen molar-refractivity contribution >= 4 is 40.6 Å². The molecule has 0 aliphatic rings. The Morgan fingerprint density at radius 2 is 1.87 bits per heavy atom. The maximum Gasteiger partial charge on any atom is 0.306 e. The van der Waals surface area contributed by atoms with Crippen LogP contribution in [0.2, 0.25) is 0 Å². The number of nitro groups is 1. The van der Waals surface area contributed by atoms with Crippen LogP contribution in [0, 0.1) is 10.1 Å². The summed E-state index contributed by atoms with van der Waals surface area (Å²) < 4.78 is 10.2. The number of nitro benzene ring substituents is 1. The van der Waals surface area contributed by atoms with Crippen molar-refractivity contribution in [3.8, 4) is 5.75 Å². The molecular weight excluding hydrogens is 422 g/mol. The van der Waals surface area contributed by atoms with Crippen LogP contribution in [-0.4, -0.2) is 35.6 Å². The molecule has 0 spiro atoms. The van der Waals surface area contributed by atoms with E-state index in [0.29, 0.717) is 12.1 Å². The summed E-state index contributed by atoms with van der Waals surface area (Å²) in [4.78, 5) is 34.1. The molecule has 0 saturated carbocycles. The number of benzene rings is 2. The van der Waals surface area contributed by atoms with E-state index in [1.165, 1.54) is 30.9 Å². The molecule has 0 heterocycles. The van der Waals surface area contributed by atoms with E-state index in [4.69, 9.17) is 21.7 Å². The molecule has 0 bridgehead atoms. The summed E-state index contributed by atoms with van der Waals surface area (Å²) in [6.45, 7) is 0.287. The summed E-state index contributed by atoms with van der Waals surface area (Å²) in [6.07, 6.45) is 1.35. The Bertz CT molecular complexity index is 936. The molecule has 164 valence electrons. The van der Waals surface area contributed by atoms with Gasteiger partial charge in [0.25, 0.3) is 5.69 Å². The predicted molar refractivity (Wildman–Crippen MR) is 119 cm³/mol. The molecule has 2 rings (SSSR count). The summed E-state index contributed by atoms with van der Waals surface area (Å²) in [5, 5.41) is 16.0. The van der Waals surface area contributed by atoms with E-state index >= 15 is 0 Å². The number of thiocarbonyl (C=S) groups is 1. The molecule has 2 N–H and O–H groups in total. The zero-order valence-electron chi connectivity index (χ0n) is 17.0. The Kier molecular flexibility index (Phi) is 9.37. The molecule has 0 atom stereocenters. The van der Waals surface area contributed by atoms with Gasteiger partial charge in [-0.3, -0.25) is 19.7 Å². The summed E-state index contributed by atoms with van der Waals surface area (Å²) >= 11 is 5.07. The van der Waals surface area contributed by atoms with Crippen molar-refractivity contribution in [2.24, 2.45) is 0 Å². The van der Waals surface area contributed by atoms with Gasteiger partial charge in [0.15, 0.2) is 5.11 Å². The lowest BCUT2D eigenvalue weighted by molar-refractivity contribution is -0.384. The Morgan fingerprint density at radius 3 is 2.55 bits per heavy atom. The normalized spacial score (nSPS) is 10.1. The molecule has 31 heavy (non-hydrogen) atoms. The van der Waals surface area contributed by atoms with Crippen molar-refractivity contribution < 1.29 is 24.0 Å². The number of amides is 1. The van der Waals surface area contributed by atoms with Crippen LogP contribution in [0.25, 0.3) is 0 Å². The Balaban J connectivity index is 1.69. The van der Waals surface area contributed by atoms with Gasteiger partial charge >= 0.3 is 5.97 Å². The highest BCUT2D eigenvalue weighted by atomic mass is 32.1. The average molecular weight is 445 g/mol. The number of carbonyl (C=O) groups is 2. The van der Waals surface area contributed by atoms with Gasteiger partial charge < -0.3 is 20.1 Å².